The topological polar surface area (TPSA) is 99.2 Å². The van der Waals surface area contributed by atoms with Crippen molar-refractivity contribution < 1.29 is 37.3 Å². The molecule has 1 aliphatic heterocycles. The van der Waals surface area contributed by atoms with Gasteiger partial charge >= 0.3 is 0 Å². The predicted octanol–water partition coefficient (Wildman–Crippen LogP) is 6.01. The molecule has 0 bridgehead atoms. The van der Waals surface area contributed by atoms with Gasteiger partial charge in [-0.3, -0.25) is 20.0 Å². The molecule has 6 rings (SSSR count). The molecule has 1 saturated heterocycles. The number of morpholine rings is 1. The van der Waals surface area contributed by atoms with E-state index in [2.05, 4.69) is 15.4 Å². The zero-order valence-corrected chi connectivity index (χ0v) is 26.9. The molecule has 1 aromatic heterocycles. The Balaban J connectivity index is 1.09. The van der Waals surface area contributed by atoms with Crippen molar-refractivity contribution in [2.45, 2.75) is 38.5 Å². The van der Waals surface area contributed by atoms with Gasteiger partial charge < -0.3 is 18.9 Å². The van der Waals surface area contributed by atoms with Gasteiger partial charge in [-0.1, -0.05) is 24.6 Å². The average Bonchev–Trinajstić information content (AvgIpc) is 3.06. The Kier molecular flexibility index (Phi) is 10.6. The highest BCUT2D eigenvalue weighted by atomic mass is 19.1. The molecule has 4 aromatic rings. The normalized spacial score (nSPS) is 15.9. The highest BCUT2D eigenvalue weighted by Crippen LogP contribution is 2.44. The van der Waals surface area contributed by atoms with Gasteiger partial charge in [0.25, 0.3) is 0 Å². The van der Waals surface area contributed by atoms with Crippen molar-refractivity contribution in [1.29, 1.82) is 0 Å². The summed E-state index contributed by atoms with van der Waals surface area (Å²) in [7, 11) is 1.55. The average molecular weight is 660 g/mol. The van der Waals surface area contributed by atoms with Crippen LogP contribution in [0.2, 0.25) is 0 Å². The number of nitrogens with zero attached hydrogens (tertiary/aromatic N) is 2. The van der Waals surface area contributed by atoms with Crippen molar-refractivity contribution in [2.75, 3.05) is 46.6 Å². The zero-order chi connectivity index (χ0) is 33.5. The van der Waals surface area contributed by atoms with E-state index in [0.29, 0.717) is 58.7 Å². The van der Waals surface area contributed by atoms with Gasteiger partial charge in [0.15, 0.2) is 34.6 Å². The summed E-state index contributed by atoms with van der Waals surface area (Å²) in [5.41, 5.74) is 4.00. The fraction of sp³-hybridized carbons (Fsp3) is 0.378. The van der Waals surface area contributed by atoms with Crippen molar-refractivity contribution in [1.82, 2.24) is 15.4 Å². The number of hydrogen-bond donors (Lipinski definition) is 1. The molecule has 252 valence electrons. The van der Waals surface area contributed by atoms with Crippen molar-refractivity contribution in [3.8, 4) is 23.0 Å². The molecule has 0 unspecified atom stereocenters. The summed E-state index contributed by atoms with van der Waals surface area (Å²) in [5, 5.41) is 2.76. The molecule has 2 fully saturated rings. The number of Topliss-reactive ketones (excluding diaryl/α,β-unsaturated/α-hetero) is 2. The molecule has 1 saturated carbocycles. The molecule has 2 heterocycles. The second kappa shape index (κ2) is 15.2. The Morgan fingerprint density at radius 2 is 1.62 bits per heavy atom. The molecule has 0 amide bonds. The number of methoxy groups -OCH3 is 1. The van der Waals surface area contributed by atoms with Gasteiger partial charge in [-0.05, 0) is 66.8 Å². The number of halogens is 2. The van der Waals surface area contributed by atoms with Gasteiger partial charge in [0.2, 0.25) is 0 Å². The number of ketones is 2. The lowest BCUT2D eigenvalue weighted by molar-refractivity contribution is -0.145. The largest absolute Gasteiger partial charge is 0.493 e. The van der Waals surface area contributed by atoms with Gasteiger partial charge in [0.05, 0.1) is 37.9 Å². The number of benzene rings is 3. The number of fused-ring (bicyclic) bond motifs is 1. The maximum atomic E-state index is 15.4. The number of carbonyl (C=O) groups excluding carboxylic acids is 2. The number of carbonyl (C=O) groups is 2. The number of hydrazine groups is 1. The molecule has 0 spiro atoms. The van der Waals surface area contributed by atoms with E-state index < -0.39 is 11.2 Å². The SMILES string of the molecule is COc1cc2c(Oc3ccc(CC(=O)C4(C(=O)Cc5ccc(F)cc5)CCC4)cc3F)ccnc2cc1OCCCNN1CCOCC1. The lowest BCUT2D eigenvalue weighted by Crippen LogP contribution is -2.46. The first-order valence-electron chi connectivity index (χ1n) is 16.3. The van der Waals surface area contributed by atoms with Gasteiger partial charge in [-0.15, -0.1) is 0 Å². The summed E-state index contributed by atoms with van der Waals surface area (Å²) in [6.45, 7) is 4.39. The summed E-state index contributed by atoms with van der Waals surface area (Å²) < 4.78 is 51.7. The Bertz CT molecular complexity index is 1760. The summed E-state index contributed by atoms with van der Waals surface area (Å²) >= 11 is 0. The zero-order valence-electron chi connectivity index (χ0n) is 26.9. The number of aromatic nitrogens is 1. The molecular formula is C37H39F2N3O6. The minimum Gasteiger partial charge on any atom is -0.493 e. The fourth-order valence-corrected chi connectivity index (χ4v) is 6.11. The first kappa shape index (κ1) is 33.5. The van der Waals surface area contributed by atoms with Crippen LogP contribution in [-0.2, 0) is 27.2 Å². The molecule has 2 aliphatic rings. The van der Waals surface area contributed by atoms with Crippen LogP contribution in [0.1, 0.15) is 36.8 Å². The predicted molar refractivity (Wildman–Crippen MR) is 175 cm³/mol. The van der Waals surface area contributed by atoms with Crippen molar-refractivity contribution in [3.63, 3.8) is 0 Å². The van der Waals surface area contributed by atoms with Crippen LogP contribution in [0.25, 0.3) is 10.9 Å². The lowest BCUT2D eigenvalue weighted by Gasteiger charge is -2.39. The fourth-order valence-electron chi connectivity index (χ4n) is 6.11. The van der Waals surface area contributed by atoms with Crippen molar-refractivity contribution in [3.05, 3.63) is 89.6 Å². The minimum atomic E-state index is -1.09. The number of ether oxygens (including phenoxy) is 4. The summed E-state index contributed by atoms with van der Waals surface area (Å²) in [4.78, 5) is 31.1. The maximum absolute atomic E-state index is 15.4. The molecule has 48 heavy (non-hydrogen) atoms. The van der Waals surface area contributed by atoms with E-state index in [1.54, 1.807) is 49.7 Å². The van der Waals surface area contributed by atoms with E-state index in [4.69, 9.17) is 18.9 Å². The Hall–Kier alpha value is -4.45. The molecule has 1 N–H and O–H groups in total. The summed E-state index contributed by atoms with van der Waals surface area (Å²) in [6, 6.07) is 15.3. The Labute approximate surface area is 278 Å². The second-order valence-electron chi connectivity index (χ2n) is 12.2. The van der Waals surface area contributed by atoms with Gasteiger partial charge in [-0.2, -0.15) is 0 Å². The van der Waals surface area contributed by atoms with Gasteiger partial charge in [0.1, 0.15) is 11.6 Å². The van der Waals surface area contributed by atoms with Crippen LogP contribution in [0.4, 0.5) is 8.78 Å². The van der Waals surface area contributed by atoms with Crippen LogP contribution in [0.5, 0.6) is 23.0 Å². The molecule has 1 aliphatic carbocycles. The monoisotopic (exact) mass is 659 g/mol. The minimum absolute atomic E-state index is 0.0171. The molecule has 3 aromatic carbocycles. The second-order valence-corrected chi connectivity index (χ2v) is 12.2. The summed E-state index contributed by atoms with van der Waals surface area (Å²) in [5.74, 6) is -0.0313. The third-order valence-corrected chi connectivity index (χ3v) is 9.05. The quantitative estimate of drug-likeness (QED) is 0.122. The van der Waals surface area contributed by atoms with Crippen LogP contribution in [0, 0.1) is 17.0 Å². The van der Waals surface area contributed by atoms with Crippen LogP contribution in [0.15, 0.2) is 66.9 Å². The molecule has 0 radical (unpaired) electrons. The maximum Gasteiger partial charge on any atom is 0.166 e. The van der Waals surface area contributed by atoms with E-state index in [-0.39, 0.29) is 36.0 Å². The Morgan fingerprint density at radius 3 is 2.31 bits per heavy atom. The van der Waals surface area contributed by atoms with Crippen LogP contribution in [-0.4, -0.2) is 68.1 Å². The lowest BCUT2D eigenvalue weighted by atomic mass is 9.61. The number of pyridine rings is 1. The number of nitrogens with one attached hydrogen (secondary N) is 1. The van der Waals surface area contributed by atoms with E-state index in [0.717, 1.165) is 45.7 Å². The molecule has 9 nitrogen and oxygen atoms in total. The number of rotatable bonds is 15. The van der Waals surface area contributed by atoms with Crippen LogP contribution < -0.4 is 19.6 Å². The molecular weight excluding hydrogens is 620 g/mol. The third-order valence-electron chi connectivity index (χ3n) is 9.05. The van der Waals surface area contributed by atoms with Gasteiger partial charge in [-0.25, -0.2) is 13.8 Å². The van der Waals surface area contributed by atoms with Gasteiger partial charge in [0, 0.05) is 50.1 Å². The summed E-state index contributed by atoms with van der Waals surface area (Å²) in [6.07, 6.45) is 4.04. The number of hydrogen-bond acceptors (Lipinski definition) is 9. The van der Waals surface area contributed by atoms with E-state index in [1.165, 1.54) is 24.3 Å². The van der Waals surface area contributed by atoms with E-state index >= 15 is 4.39 Å². The van der Waals surface area contributed by atoms with Crippen LogP contribution in [0.3, 0.4) is 0 Å². The van der Waals surface area contributed by atoms with Crippen LogP contribution >= 0.6 is 0 Å². The Morgan fingerprint density at radius 1 is 0.896 bits per heavy atom. The highest BCUT2D eigenvalue weighted by Gasteiger charge is 2.49. The highest BCUT2D eigenvalue weighted by molar-refractivity contribution is 6.09. The van der Waals surface area contributed by atoms with E-state index in [9.17, 15) is 14.0 Å². The molecule has 0 atom stereocenters. The van der Waals surface area contributed by atoms with E-state index in [1.807, 2.05) is 0 Å². The first-order valence-corrected chi connectivity index (χ1v) is 16.3. The van der Waals surface area contributed by atoms with Crippen molar-refractivity contribution >= 4 is 22.5 Å². The standard InChI is InChI=1S/C37H39F2N3O6/c1-45-33-23-28-30(24-34(33)47-17-3-13-41-42-15-18-46-19-16-42)40-14-10-31(28)48-32-9-6-26(20-29(32)39)22-36(44)37(11-2-12-37)35(43)21-25-4-7-27(38)8-5-25/h4-10,14,20,23-24,41H,2-3,11-13,15-19,21-22H2,1H3. The van der Waals surface area contributed by atoms with Crippen molar-refractivity contribution in [2.24, 2.45) is 5.41 Å². The first-order chi connectivity index (χ1) is 23.3. The third kappa shape index (κ3) is 7.64. The molecule has 11 heteroatoms. The smallest absolute Gasteiger partial charge is 0.166 e.